The number of hydrogen-bond donors (Lipinski definition) is 2. The Balaban J connectivity index is 2.33. The third-order valence-electron chi connectivity index (χ3n) is 3.58. The zero-order valence-electron chi connectivity index (χ0n) is 13.4. The summed E-state index contributed by atoms with van der Waals surface area (Å²) in [4.78, 5) is 10.1. The van der Waals surface area contributed by atoms with Crippen LogP contribution in [0.25, 0.3) is 0 Å². The lowest BCUT2D eigenvalue weighted by atomic mass is 10.0. The van der Waals surface area contributed by atoms with Gasteiger partial charge >= 0.3 is 0 Å². The van der Waals surface area contributed by atoms with E-state index in [0.29, 0.717) is 0 Å². The van der Waals surface area contributed by atoms with Crippen molar-refractivity contribution in [1.29, 1.82) is 0 Å². The van der Waals surface area contributed by atoms with Gasteiger partial charge in [-0.3, -0.25) is 4.99 Å². The first-order valence-electron chi connectivity index (χ1n) is 7.48. The van der Waals surface area contributed by atoms with Gasteiger partial charge < -0.3 is 10.6 Å². The van der Waals surface area contributed by atoms with Gasteiger partial charge in [-0.2, -0.15) is 0 Å². The van der Waals surface area contributed by atoms with Crippen LogP contribution < -0.4 is 10.6 Å². The summed E-state index contributed by atoms with van der Waals surface area (Å²) in [5.74, 6) is 1.62. The van der Waals surface area contributed by atoms with E-state index in [1.54, 1.807) is 11.3 Å². The Morgan fingerprint density at radius 1 is 1.25 bits per heavy atom. The molecule has 2 N–H and O–H groups in total. The maximum absolute atomic E-state index is 4.46. The molecule has 0 aliphatic heterocycles. The van der Waals surface area contributed by atoms with Crippen LogP contribution in [-0.4, -0.2) is 31.1 Å². The maximum atomic E-state index is 4.46. The average molecular weight is 296 g/mol. The number of aliphatic imine (C=N–C) groups is 1. The molecule has 0 aliphatic carbocycles. The molecule has 0 bridgehead atoms. The minimum Gasteiger partial charge on any atom is -0.356 e. The van der Waals surface area contributed by atoms with E-state index in [2.05, 4.69) is 48.3 Å². The van der Waals surface area contributed by atoms with Crippen LogP contribution in [0.1, 0.15) is 42.3 Å². The number of thiazole rings is 1. The largest absolute Gasteiger partial charge is 0.356 e. The van der Waals surface area contributed by atoms with Crippen LogP contribution >= 0.6 is 11.3 Å². The van der Waals surface area contributed by atoms with Gasteiger partial charge in [-0.1, -0.05) is 26.7 Å². The molecule has 114 valence electrons. The Labute approximate surface area is 127 Å². The molecule has 4 nitrogen and oxygen atoms in total. The first-order valence-corrected chi connectivity index (χ1v) is 8.29. The van der Waals surface area contributed by atoms with Crippen LogP contribution in [0.15, 0.2) is 4.99 Å². The number of aromatic nitrogens is 1. The van der Waals surface area contributed by atoms with Crippen molar-refractivity contribution in [2.24, 2.45) is 10.9 Å². The first kappa shape index (κ1) is 17.0. The lowest BCUT2D eigenvalue weighted by Gasteiger charge is -2.16. The molecule has 0 aromatic carbocycles. The molecule has 0 atom stereocenters. The summed E-state index contributed by atoms with van der Waals surface area (Å²) in [5, 5.41) is 7.93. The molecule has 0 spiro atoms. The van der Waals surface area contributed by atoms with Crippen molar-refractivity contribution in [2.45, 2.75) is 47.0 Å². The fourth-order valence-electron chi connectivity index (χ4n) is 2.14. The lowest BCUT2D eigenvalue weighted by molar-refractivity contribution is 0.481. The molecule has 0 unspecified atom stereocenters. The van der Waals surface area contributed by atoms with Crippen molar-refractivity contribution >= 4 is 17.3 Å². The molecule has 0 fully saturated rings. The van der Waals surface area contributed by atoms with Crippen molar-refractivity contribution in [3.63, 3.8) is 0 Å². The Morgan fingerprint density at radius 2 is 1.95 bits per heavy atom. The molecule has 1 rings (SSSR count). The van der Waals surface area contributed by atoms with E-state index in [-0.39, 0.29) is 0 Å². The summed E-state index contributed by atoms with van der Waals surface area (Å²) in [6, 6.07) is 0. The zero-order chi connectivity index (χ0) is 15.0. The zero-order valence-corrected chi connectivity index (χ0v) is 14.2. The van der Waals surface area contributed by atoms with Crippen molar-refractivity contribution in [1.82, 2.24) is 15.6 Å². The van der Waals surface area contributed by atoms with E-state index in [4.69, 9.17) is 0 Å². The van der Waals surface area contributed by atoms with E-state index >= 15 is 0 Å². The quantitative estimate of drug-likeness (QED) is 0.601. The minimum atomic E-state index is 0.722. The fraction of sp³-hybridized carbons (Fsp3) is 0.733. The second kappa shape index (κ2) is 8.95. The van der Waals surface area contributed by atoms with E-state index in [1.165, 1.54) is 17.7 Å². The standard InChI is InChI=1S/C15H28N4S/c1-6-13(7-2)10-18-15(16-5)17-9-8-14-11(3)19-12(4)20-14/h13H,6-10H2,1-5H3,(H2,16,17,18). The van der Waals surface area contributed by atoms with Crippen LogP contribution in [0.3, 0.4) is 0 Å². The Bertz CT molecular complexity index is 422. The van der Waals surface area contributed by atoms with Gasteiger partial charge in [0.1, 0.15) is 0 Å². The van der Waals surface area contributed by atoms with E-state index in [1.807, 2.05) is 7.05 Å². The Kier molecular flexibility index (Phi) is 7.59. The van der Waals surface area contributed by atoms with Crippen molar-refractivity contribution in [3.8, 4) is 0 Å². The molecule has 0 radical (unpaired) electrons. The number of rotatable bonds is 7. The van der Waals surface area contributed by atoms with Gasteiger partial charge in [-0.25, -0.2) is 4.98 Å². The van der Waals surface area contributed by atoms with E-state index in [0.717, 1.165) is 42.1 Å². The maximum Gasteiger partial charge on any atom is 0.190 e. The van der Waals surface area contributed by atoms with Gasteiger partial charge in [-0.15, -0.1) is 11.3 Å². The molecule has 0 saturated carbocycles. The smallest absolute Gasteiger partial charge is 0.190 e. The summed E-state index contributed by atoms with van der Waals surface area (Å²) in [5.41, 5.74) is 1.16. The SMILES string of the molecule is CCC(CC)CNC(=NC)NCCc1sc(C)nc1C. The Morgan fingerprint density at radius 3 is 2.45 bits per heavy atom. The predicted molar refractivity (Wildman–Crippen MR) is 88.7 cm³/mol. The second-order valence-corrected chi connectivity index (χ2v) is 6.34. The van der Waals surface area contributed by atoms with Gasteiger partial charge in [0.2, 0.25) is 0 Å². The lowest BCUT2D eigenvalue weighted by Crippen LogP contribution is -2.40. The first-order chi connectivity index (χ1) is 9.60. The molecule has 20 heavy (non-hydrogen) atoms. The molecular weight excluding hydrogens is 268 g/mol. The van der Waals surface area contributed by atoms with Crippen LogP contribution in [-0.2, 0) is 6.42 Å². The molecule has 0 amide bonds. The van der Waals surface area contributed by atoms with E-state index in [9.17, 15) is 0 Å². The van der Waals surface area contributed by atoms with Crippen LogP contribution in [0.5, 0.6) is 0 Å². The molecule has 1 aromatic heterocycles. The molecule has 1 heterocycles. The van der Waals surface area contributed by atoms with Crippen molar-refractivity contribution in [3.05, 3.63) is 15.6 Å². The number of nitrogens with one attached hydrogen (secondary N) is 2. The van der Waals surface area contributed by atoms with Crippen molar-refractivity contribution in [2.75, 3.05) is 20.1 Å². The number of nitrogens with zero attached hydrogens (tertiary/aromatic N) is 2. The number of guanidine groups is 1. The Hall–Kier alpha value is -1.10. The number of hydrogen-bond acceptors (Lipinski definition) is 3. The summed E-state index contributed by atoms with van der Waals surface area (Å²) in [6.07, 6.45) is 3.42. The molecule has 0 saturated heterocycles. The normalized spacial score (nSPS) is 12.0. The van der Waals surface area contributed by atoms with Gasteiger partial charge in [0, 0.05) is 31.4 Å². The summed E-state index contributed by atoms with van der Waals surface area (Å²) < 4.78 is 0. The summed E-state index contributed by atoms with van der Waals surface area (Å²) in [6.45, 7) is 10.5. The van der Waals surface area contributed by atoms with E-state index < -0.39 is 0 Å². The van der Waals surface area contributed by atoms with Crippen molar-refractivity contribution < 1.29 is 0 Å². The monoisotopic (exact) mass is 296 g/mol. The third-order valence-corrected chi connectivity index (χ3v) is 4.71. The third kappa shape index (κ3) is 5.49. The van der Waals surface area contributed by atoms with Gasteiger partial charge in [0.05, 0.1) is 10.7 Å². The molecule has 1 aromatic rings. The van der Waals surface area contributed by atoms with Gasteiger partial charge in [-0.05, 0) is 19.8 Å². The number of aryl methyl sites for hydroxylation is 2. The molecular formula is C15H28N4S. The van der Waals surface area contributed by atoms with Crippen LogP contribution in [0.4, 0.5) is 0 Å². The highest BCUT2D eigenvalue weighted by Crippen LogP contribution is 2.16. The summed E-state index contributed by atoms with van der Waals surface area (Å²) in [7, 11) is 1.82. The predicted octanol–water partition coefficient (Wildman–Crippen LogP) is 2.90. The average Bonchev–Trinajstić information content (AvgIpc) is 2.76. The molecule has 5 heteroatoms. The second-order valence-electron chi connectivity index (χ2n) is 5.05. The minimum absolute atomic E-state index is 0.722. The van der Waals surface area contributed by atoms with Gasteiger partial charge in [0.25, 0.3) is 0 Å². The highest BCUT2D eigenvalue weighted by atomic mass is 32.1. The highest BCUT2D eigenvalue weighted by Gasteiger charge is 2.06. The molecule has 0 aliphatic rings. The topological polar surface area (TPSA) is 49.3 Å². The highest BCUT2D eigenvalue weighted by molar-refractivity contribution is 7.11. The fourth-order valence-corrected chi connectivity index (χ4v) is 3.08. The van der Waals surface area contributed by atoms with Gasteiger partial charge in [0.15, 0.2) is 5.96 Å². The van der Waals surface area contributed by atoms with Crippen LogP contribution in [0, 0.1) is 19.8 Å². The summed E-state index contributed by atoms with van der Waals surface area (Å²) >= 11 is 1.79. The van der Waals surface area contributed by atoms with Crippen LogP contribution in [0.2, 0.25) is 0 Å².